The molecular formula is C26H28FN5O3. The first-order valence-corrected chi connectivity index (χ1v) is 11.7. The van der Waals surface area contributed by atoms with Crippen molar-refractivity contribution in [3.8, 4) is 16.9 Å². The molecule has 1 atom stereocenters. The van der Waals surface area contributed by atoms with Crippen molar-refractivity contribution in [2.45, 2.75) is 26.7 Å². The van der Waals surface area contributed by atoms with Crippen LogP contribution in [0.4, 0.5) is 10.3 Å². The molecule has 0 bridgehead atoms. The van der Waals surface area contributed by atoms with Crippen LogP contribution in [-0.4, -0.2) is 52.0 Å². The number of aryl methyl sites for hydroxylation is 1. The van der Waals surface area contributed by atoms with Gasteiger partial charge in [0.25, 0.3) is 5.56 Å². The zero-order chi connectivity index (χ0) is 24.5. The lowest BCUT2D eigenvalue weighted by atomic mass is 10.0. The molecular weight excluding hydrogens is 449 g/mol. The van der Waals surface area contributed by atoms with Crippen molar-refractivity contribution < 1.29 is 13.9 Å². The van der Waals surface area contributed by atoms with Gasteiger partial charge in [0, 0.05) is 50.6 Å². The number of fused-ring (bicyclic) bond motifs is 1. The number of alkyl halides is 1. The Morgan fingerprint density at radius 3 is 2.57 bits per heavy atom. The molecule has 8 nitrogen and oxygen atoms in total. The number of benzene rings is 2. The molecule has 3 heterocycles. The topological polar surface area (TPSA) is 74.4 Å². The summed E-state index contributed by atoms with van der Waals surface area (Å²) in [5, 5.41) is 0.622. The summed E-state index contributed by atoms with van der Waals surface area (Å²) in [6, 6.07) is 11.2. The second kappa shape index (κ2) is 9.50. The molecule has 0 radical (unpaired) electrons. The van der Waals surface area contributed by atoms with Crippen molar-refractivity contribution in [2.24, 2.45) is 7.05 Å². The fraction of sp³-hybridized carbons (Fsp3) is 0.346. The molecule has 0 amide bonds. The molecule has 2 aromatic heterocycles. The minimum absolute atomic E-state index is 0.0918. The van der Waals surface area contributed by atoms with E-state index in [9.17, 15) is 9.18 Å². The highest BCUT2D eigenvalue weighted by atomic mass is 19.1. The Kier molecular flexibility index (Phi) is 6.25. The molecule has 1 aliphatic rings. The minimum atomic E-state index is -1.43. The Morgan fingerprint density at radius 2 is 1.86 bits per heavy atom. The van der Waals surface area contributed by atoms with Crippen molar-refractivity contribution >= 4 is 16.9 Å². The van der Waals surface area contributed by atoms with E-state index in [1.807, 2.05) is 48.3 Å². The van der Waals surface area contributed by atoms with E-state index in [2.05, 4.69) is 14.9 Å². The summed E-state index contributed by atoms with van der Waals surface area (Å²) in [6.45, 7) is 6.56. The zero-order valence-electron chi connectivity index (χ0n) is 20.1. The number of ether oxygens (including phenoxy) is 2. The van der Waals surface area contributed by atoms with Crippen LogP contribution in [0.1, 0.15) is 18.1 Å². The maximum absolute atomic E-state index is 13.6. The number of aromatic nitrogens is 4. The predicted octanol–water partition coefficient (Wildman–Crippen LogP) is 3.68. The van der Waals surface area contributed by atoms with E-state index in [-0.39, 0.29) is 5.56 Å². The molecule has 1 fully saturated rings. The highest BCUT2D eigenvalue weighted by Crippen LogP contribution is 2.29. The molecule has 1 aliphatic heterocycles. The van der Waals surface area contributed by atoms with Crippen molar-refractivity contribution in [2.75, 3.05) is 31.2 Å². The van der Waals surface area contributed by atoms with E-state index in [1.54, 1.807) is 23.9 Å². The first-order chi connectivity index (χ1) is 16.9. The summed E-state index contributed by atoms with van der Waals surface area (Å²) >= 11 is 0. The van der Waals surface area contributed by atoms with Gasteiger partial charge in [-0.05, 0) is 36.2 Å². The monoisotopic (exact) mass is 477 g/mol. The quantitative estimate of drug-likeness (QED) is 0.422. The molecule has 9 heteroatoms. The van der Waals surface area contributed by atoms with Gasteiger partial charge >= 0.3 is 0 Å². The Labute approximate surface area is 202 Å². The third-order valence-corrected chi connectivity index (χ3v) is 6.33. The van der Waals surface area contributed by atoms with Crippen molar-refractivity contribution in [3.63, 3.8) is 0 Å². The summed E-state index contributed by atoms with van der Waals surface area (Å²) in [5.74, 6) is 1.14. The van der Waals surface area contributed by atoms with Crippen LogP contribution in [0, 0.1) is 6.92 Å². The minimum Gasteiger partial charge on any atom is -0.460 e. The first kappa shape index (κ1) is 23.0. The van der Waals surface area contributed by atoms with Crippen LogP contribution in [0.25, 0.3) is 22.0 Å². The Hall–Kier alpha value is -3.72. The smallest absolute Gasteiger partial charge is 0.274 e. The SMILES string of the molecule is Cc1cc2c(=O)n(C)n(Cc3ccccc3OC(C)F)c2cc1-c1cnc(N2CCOCC2)nc1. The highest BCUT2D eigenvalue weighted by molar-refractivity contribution is 5.86. The molecule has 1 saturated heterocycles. The first-order valence-electron chi connectivity index (χ1n) is 11.7. The number of hydrogen-bond acceptors (Lipinski definition) is 6. The van der Waals surface area contributed by atoms with Crippen LogP contribution in [0.5, 0.6) is 5.75 Å². The molecule has 1 unspecified atom stereocenters. The van der Waals surface area contributed by atoms with Crippen LogP contribution in [0.2, 0.25) is 0 Å². The van der Waals surface area contributed by atoms with Gasteiger partial charge in [-0.3, -0.25) is 14.2 Å². The third-order valence-electron chi connectivity index (χ3n) is 6.33. The Balaban J connectivity index is 1.54. The van der Waals surface area contributed by atoms with E-state index in [4.69, 9.17) is 9.47 Å². The van der Waals surface area contributed by atoms with Crippen LogP contribution in [-0.2, 0) is 18.3 Å². The average molecular weight is 478 g/mol. The van der Waals surface area contributed by atoms with Gasteiger partial charge in [0.05, 0.1) is 30.7 Å². The predicted molar refractivity (Wildman–Crippen MR) is 133 cm³/mol. The van der Waals surface area contributed by atoms with E-state index >= 15 is 0 Å². The van der Waals surface area contributed by atoms with Crippen LogP contribution in [0.15, 0.2) is 53.6 Å². The molecule has 0 N–H and O–H groups in total. The van der Waals surface area contributed by atoms with Crippen LogP contribution >= 0.6 is 0 Å². The Bertz CT molecular complexity index is 1410. The molecule has 0 aliphatic carbocycles. The van der Waals surface area contributed by atoms with E-state index < -0.39 is 6.36 Å². The van der Waals surface area contributed by atoms with Gasteiger partial charge in [-0.2, -0.15) is 0 Å². The van der Waals surface area contributed by atoms with Gasteiger partial charge in [0.1, 0.15) is 5.75 Å². The van der Waals surface area contributed by atoms with Gasteiger partial charge in [-0.25, -0.2) is 14.4 Å². The van der Waals surface area contributed by atoms with Gasteiger partial charge < -0.3 is 14.4 Å². The van der Waals surface area contributed by atoms with E-state index in [0.717, 1.165) is 40.9 Å². The normalized spacial score (nSPS) is 14.9. The average Bonchev–Trinajstić information content (AvgIpc) is 3.09. The van der Waals surface area contributed by atoms with E-state index in [1.165, 1.54) is 6.92 Å². The molecule has 5 rings (SSSR count). The van der Waals surface area contributed by atoms with Gasteiger partial charge in [0.15, 0.2) is 0 Å². The number of halogens is 1. The maximum atomic E-state index is 13.6. The van der Waals surface area contributed by atoms with Crippen molar-refractivity contribution in [3.05, 3.63) is 70.3 Å². The fourth-order valence-electron chi connectivity index (χ4n) is 4.50. The standard InChI is InChI=1S/C26H28FN5O3/c1-17-12-22-23(13-21(17)20-14-28-26(29-15-20)31-8-10-34-11-9-31)32(30(3)25(22)33)16-19-6-4-5-7-24(19)35-18(2)27/h4-7,12-15,18H,8-11,16H2,1-3H3. The number of morpholine rings is 1. The third kappa shape index (κ3) is 4.51. The summed E-state index contributed by atoms with van der Waals surface area (Å²) in [5.41, 5.74) is 4.26. The number of anilines is 1. The number of para-hydroxylation sites is 1. The molecule has 0 spiro atoms. The number of nitrogens with zero attached hydrogens (tertiary/aromatic N) is 5. The summed E-state index contributed by atoms with van der Waals surface area (Å²) in [6.07, 6.45) is 2.21. The Morgan fingerprint density at radius 1 is 1.14 bits per heavy atom. The van der Waals surface area contributed by atoms with Gasteiger partial charge in [-0.15, -0.1) is 0 Å². The molecule has 0 saturated carbocycles. The van der Waals surface area contributed by atoms with Gasteiger partial charge in [-0.1, -0.05) is 18.2 Å². The van der Waals surface area contributed by atoms with Crippen LogP contribution in [0.3, 0.4) is 0 Å². The lowest BCUT2D eigenvalue weighted by molar-refractivity contribution is 0.0847. The zero-order valence-corrected chi connectivity index (χ0v) is 20.1. The summed E-state index contributed by atoms with van der Waals surface area (Å²) in [4.78, 5) is 24.3. The maximum Gasteiger partial charge on any atom is 0.274 e. The van der Waals surface area contributed by atoms with Gasteiger partial charge in [0.2, 0.25) is 12.3 Å². The highest BCUT2D eigenvalue weighted by Gasteiger charge is 2.18. The lowest BCUT2D eigenvalue weighted by Crippen LogP contribution is -2.37. The molecule has 2 aromatic carbocycles. The van der Waals surface area contributed by atoms with Crippen LogP contribution < -0.4 is 15.2 Å². The second-order valence-corrected chi connectivity index (χ2v) is 8.71. The second-order valence-electron chi connectivity index (χ2n) is 8.71. The molecule has 35 heavy (non-hydrogen) atoms. The molecule has 4 aromatic rings. The van der Waals surface area contributed by atoms with E-state index in [0.29, 0.717) is 36.8 Å². The van der Waals surface area contributed by atoms with Crippen molar-refractivity contribution in [1.29, 1.82) is 0 Å². The molecule has 182 valence electrons. The number of hydrogen-bond donors (Lipinski definition) is 0. The summed E-state index contributed by atoms with van der Waals surface area (Å²) < 4.78 is 27.8. The summed E-state index contributed by atoms with van der Waals surface area (Å²) in [7, 11) is 1.73. The van der Waals surface area contributed by atoms with Crippen molar-refractivity contribution in [1.82, 2.24) is 19.3 Å². The number of rotatable bonds is 6. The largest absolute Gasteiger partial charge is 0.460 e. The fourth-order valence-corrected chi connectivity index (χ4v) is 4.50. The lowest BCUT2D eigenvalue weighted by Gasteiger charge is -2.26.